The molecule has 0 bridgehead atoms. The summed E-state index contributed by atoms with van der Waals surface area (Å²) in [5.74, 6) is 0. The summed E-state index contributed by atoms with van der Waals surface area (Å²) in [5, 5.41) is 7.58. The van der Waals surface area contributed by atoms with E-state index in [2.05, 4.69) is 0 Å². The van der Waals surface area contributed by atoms with Gasteiger partial charge in [-0.05, 0) is 12.8 Å². The standard InChI is InChI=1S/C5H10Cl2O2/c6-5(7)9-4-2-1-3-8/h5,8H,1-4H2. The highest BCUT2D eigenvalue weighted by Gasteiger charge is 1.95. The molecule has 0 unspecified atom stereocenters. The van der Waals surface area contributed by atoms with Crippen LogP contribution in [0, 0.1) is 0 Å². The molecule has 0 radical (unpaired) electrons. The number of aliphatic hydroxyl groups excluding tert-OH is 1. The first-order valence-corrected chi connectivity index (χ1v) is 3.65. The van der Waals surface area contributed by atoms with Gasteiger partial charge in [-0.3, -0.25) is 0 Å². The highest BCUT2D eigenvalue weighted by molar-refractivity contribution is 6.43. The summed E-state index contributed by atoms with van der Waals surface area (Å²) in [6.45, 7) is 0.705. The molecule has 0 amide bonds. The van der Waals surface area contributed by atoms with Gasteiger partial charge in [0.2, 0.25) is 5.02 Å². The molecule has 0 aromatic carbocycles. The molecule has 0 saturated heterocycles. The van der Waals surface area contributed by atoms with Crippen LogP contribution in [0.25, 0.3) is 0 Å². The van der Waals surface area contributed by atoms with E-state index in [1.165, 1.54) is 0 Å². The first kappa shape index (κ1) is 9.50. The summed E-state index contributed by atoms with van der Waals surface area (Å²) in [5.41, 5.74) is 0. The van der Waals surface area contributed by atoms with Crippen molar-refractivity contribution in [2.75, 3.05) is 13.2 Å². The topological polar surface area (TPSA) is 29.5 Å². The van der Waals surface area contributed by atoms with Crippen molar-refractivity contribution >= 4 is 23.2 Å². The molecular formula is C5H10Cl2O2. The Kier molecular flexibility index (Phi) is 6.99. The minimum atomic E-state index is -0.733. The molecule has 0 heterocycles. The van der Waals surface area contributed by atoms with Crippen molar-refractivity contribution in [3.63, 3.8) is 0 Å². The summed E-state index contributed by atoms with van der Waals surface area (Å²) < 4.78 is 4.76. The summed E-state index contributed by atoms with van der Waals surface area (Å²) in [6, 6.07) is 0. The van der Waals surface area contributed by atoms with Gasteiger partial charge >= 0.3 is 0 Å². The van der Waals surface area contributed by atoms with Gasteiger partial charge in [0.15, 0.2) is 0 Å². The molecule has 2 nitrogen and oxygen atoms in total. The number of hydrogen-bond donors (Lipinski definition) is 1. The van der Waals surface area contributed by atoms with Gasteiger partial charge in [0.05, 0.1) is 0 Å². The van der Waals surface area contributed by atoms with Crippen LogP contribution in [0.2, 0.25) is 0 Å². The van der Waals surface area contributed by atoms with E-state index in [1.54, 1.807) is 0 Å². The minimum Gasteiger partial charge on any atom is -0.396 e. The monoisotopic (exact) mass is 172 g/mol. The number of aliphatic hydroxyl groups is 1. The Bertz CT molecular complexity index is 58.9. The van der Waals surface area contributed by atoms with Gasteiger partial charge in [-0.2, -0.15) is 0 Å². The smallest absolute Gasteiger partial charge is 0.206 e. The predicted molar refractivity (Wildman–Crippen MR) is 37.8 cm³/mol. The quantitative estimate of drug-likeness (QED) is 0.504. The molecule has 0 rings (SSSR count). The summed E-state index contributed by atoms with van der Waals surface area (Å²) in [4.78, 5) is 0. The number of rotatable bonds is 5. The van der Waals surface area contributed by atoms with E-state index in [1.807, 2.05) is 0 Å². The van der Waals surface area contributed by atoms with Crippen LogP contribution in [-0.2, 0) is 4.74 Å². The second-order valence-electron chi connectivity index (χ2n) is 1.56. The third-order valence-electron chi connectivity index (χ3n) is 0.796. The Morgan fingerprint density at radius 2 is 2.00 bits per heavy atom. The van der Waals surface area contributed by atoms with Crippen LogP contribution in [0.5, 0.6) is 0 Å². The van der Waals surface area contributed by atoms with E-state index in [0.717, 1.165) is 12.8 Å². The fourth-order valence-corrected chi connectivity index (χ4v) is 0.564. The molecule has 0 saturated carbocycles. The molecule has 9 heavy (non-hydrogen) atoms. The maximum Gasteiger partial charge on any atom is 0.206 e. The molecule has 0 atom stereocenters. The molecule has 0 aliphatic heterocycles. The first-order chi connectivity index (χ1) is 4.27. The van der Waals surface area contributed by atoms with Crippen LogP contribution in [0.1, 0.15) is 12.8 Å². The second kappa shape index (κ2) is 6.62. The predicted octanol–water partition coefficient (Wildman–Crippen LogP) is 1.54. The van der Waals surface area contributed by atoms with Crippen LogP contribution in [-0.4, -0.2) is 23.3 Å². The lowest BCUT2D eigenvalue weighted by Crippen LogP contribution is -1.99. The van der Waals surface area contributed by atoms with Crippen LogP contribution in [0.3, 0.4) is 0 Å². The lowest BCUT2D eigenvalue weighted by molar-refractivity contribution is 0.143. The summed E-state index contributed by atoms with van der Waals surface area (Å²) in [7, 11) is 0. The van der Waals surface area contributed by atoms with Crippen molar-refractivity contribution in [1.29, 1.82) is 0 Å². The van der Waals surface area contributed by atoms with E-state index in [-0.39, 0.29) is 6.61 Å². The molecule has 0 aliphatic rings. The van der Waals surface area contributed by atoms with E-state index < -0.39 is 5.02 Å². The zero-order valence-electron chi connectivity index (χ0n) is 5.02. The second-order valence-corrected chi connectivity index (χ2v) is 2.58. The number of alkyl halides is 2. The van der Waals surface area contributed by atoms with Crippen molar-refractivity contribution in [3.05, 3.63) is 0 Å². The minimum absolute atomic E-state index is 0.193. The number of halogens is 2. The highest BCUT2D eigenvalue weighted by Crippen LogP contribution is 2.03. The SMILES string of the molecule is OCCCCOC(Cl)Cl. The van der Waals surface area contributed by atoms with E-state index in [0.29, 0.717) is 6.61 Å². The molecule has 56 valence electrons. The number of hydrogen-bond acceptors (Lipinski definition) is 2. The lowest BCUT2D eigenvalue weighted by atomic mass is 10.3. The summed E-state index contributed by atoms with van der Waals surface area (Å²) in [6.07, 6.45) is 1.53. The average molecular weight is 173 g/mol. The van der Waals surface area contributed by atoms with Crippen LogP contribution in [0.4, 0.5) is 0 Å². The molecule has 0 aromatic heterocycles. The van der Waals surface area contributed by atoms with Crippen LogP contribution in [0.15, 0.2) is 0 Å². The van der Waals surface area contributed by atoms with Gasteiger partial charge in [0, 0.05) is 13.2 Å². The van der Waals surface area contributed by atoms with E-state index in [9.17, 15) is 0 Å². The van der Waals surface area contributed by atoms with Crippen molar-refractivity contribution in [2.24, 2.45) is 0 Å². The molecule has 0 aromatic rings. The van der Waals surface area contributed by atoms with Crippen molar-refractivity contribution in [1.82, 2.24) is 0 Å². The molecule has 1 N–H and O–H groups in total. The Hall–Kier alpha value is 0.500. The van der Waals surface area contributed by atoms with Crippen molar-refractivity contribution in [3.8, 4) is 0 Å². The Morgan fingerprint density at radius 1 is 1.33 bits per heavy atom. The van der Waals surface area contributed by atoms with Crippen LogP contribution < -0.4 is 0 Å². The number of ether oxygens (including phenoxy) is 1. The van der Waals surface area contributed by atoms with Gasteiger partial charge in [0.25, 0.3) is 0 Å². The summed E-state index contributed by atoms with van der Waals surface area (Å²) >= 11 is 10.5. The van der Waals surface area contributed by atoms with Crippen LogP contribution >= 0.6 is 23.2 Å². The largest absolute Gasteiger partial charge is 0.396 e. The van der Waals surface area contributed by atoms with Crippen molar-refractivity contribution in [2.45, 2.75) is 17.9 Å². The zero-order chi connectivity index (χ0) is 7.11. The first-order valence-electron chi connectivity index (χ1n) is 2.78. The zero-order valence-corrected chi connectivity index (χ0v) is 6.53. The van der Waals surface area contributed by atoms with E-state index in [4.69, 9.17) is 33.0 Å². The highest BCUT2D eigenvalue weighted by atomic mass is 35.5. The third-order valence-corrected chi connectivity index (χ3v) is 1.05. The van der Waals surface area contributed by atoms with Gasteiger partial charge < -0.3 is 9.84 Å². The Labute approximate surface area is 64.7 Å². The van der Waals surface area contributed by atoms with Crippen molar-refractivity contribution < 1.29 is 9.84 Å². The fourth-order valence-electron chi connectivity index (χ4n) is 0.386. The Morgan fingerprint density at radius 3 is 2.44 bits per heavy atom. The maximum atomic E-state index is 8.31. The Balaban J connectivity index is 2.75. The molecular weight excluding hydrogens is 163 g/mol. The molecule has 0 aliphatic carbocycles. The molecule has 0 fully saturated rings. The van der Waals surface area contributed by atoms with Gasteiger partial charge in [-0.1, -0.05) is 23.2 Å². The third kappa shape index (κ3) is 8.50. The maximum absolute atomic E-state index is 8.31. The fraction of sp³-hybridized carbons (Fsp3) is 1.00. The average Bonchev–Trinajstić information content (AvgIpc) is 1.80. The van der Waals surface area contributed by atoms with Gasteiger partial charge in [-0.25, -0.2) is 0 Å². The van der Waals surface area contributed by atoms with Gasteiger partial charge in [0.1, 0.15) is 0 Å². The lowest BCUT2D eigenvalue weighted by Gasteiger charge is -2.01. The normalized spacial score (nSPS) is 10.7. The number of unbranched alkanes of at least 4 members (excludes halogenated alkanes) is 1. The molecule has 4 heteroatoms. The van der Waals surface area contributed by atoms with E-state index >= 15 is 0 Å². The molecule has 0 spiro atoms. The van der Waals surface area contributed by atoms with Gasteiger partial charge in [-0.15, -0.1) is 0 Å².